The Hall–Kier alpha value is -8.62. The van der Waals surface area contributed by atoms with E-state index in [0.29, 0.717) is 17.5 Å². The molecule has 0 bridgehead atoms. The normalized spacial score (nSPS) is 18.5. The number of aromatic nitrogens is 8. The van der Waals surface area contributed by atoms with Gasteiger partial charge in [-0.3, -0.25) is 0 Å². The van der Waals surface area contributed by atoms with Crippen LogP contribution in [0, 0.1) is 0 Å². The molecule has 74 heavy (non-hydrogen) atoms. The van der Waals surface area contributed by atoms with Crippen molar-refractivity contribution in [3.63, 3.8) is 0 Å². The molecule has 0 spiro atoms. The molecular formula is C66H52N8. The van der Waals surface area contributed by atoms with Gasteiger partial charge in [0.05, 0.1) is 22.2 Å². The standard InChI is InChI=1S/C66H52N8/c1-65(2)49-29-17-20-32-54(49)74-56-46(36-44(37-51(56)65)64-71-61(41-25-13-7-14-26-41)68-62(72-64)42-27-15-8-16-28-42)48-38-47-45-35-43(63-69-59(39-21-9-5-10-22-39)67-60(70-63)40-23-11-6-12-24-40)33-34-52(45)73-53-31-19-18-30-50(53)66(3,4)55(57(47)73)58(48)74/h5-7,9-15,17-25,27-36,38,41,51H,8,16,26,37H2,1-4H3. The van der Waals surface area contributed by atoms with E-state index in [-0.39, 0.29) is 22.7 Å². The quantitative estimate of drug-likeness (QED) is 0.165. The first-order valence-electron chi connectivity index (χ1n) is 26.1. The van der Waals surface area contributed by atoms with Crippen molar-refractivity contribution in [3.05, 3.63) is 221 Å². The van der Waals surface area contributed by atoms with Crippen molar-refractivity contribution in [2.45, 2.75) is 76.0 Å². The third-order valence-corrected chi connectivity index (χ3v) is 16.7. The van der Waals surface area contributed by atoms with Crippen LogP contribution in [0.15, 0.2) is 176 Å². The van der Waals surface area contributed by atoms with Crippen molar-refractivity contribution in [2.75, 3.05) is 0 Å². The van der Waals surface area contributed by atoms with E-state index in [4.69, 9.17) is 29.9 Å². The summed E-state index contributed by atoms with van der Waals surface area (Å²) in [5, 5.41) is 3.59. The molecule has 15 rings (SSSR count). The first kappa shape index (κ1) is 43.0. The Morgan fingerprint density at radius 3 is 1.89 bits per heavy atom. The van der Waals surface area contributed by atoms with Crippen molar-refractivity contribution in [2.24, 2.45) is 0 Å². The topological polar surface area (TPSA) is 87.2 Å². The molecule has 0 fully saturated rings. The molecule has 0 N–H and O–H groups in total. The van der Waals surface area contributed by atoms with E-state index in [1.165, 1.54) is 61.1 Å². The molecule has 2 atom stereocenters. The first-order chi connectivity index (χ1) is 36.2. The molecule has 0 saturated heterocycles. The minimum absolute atomic E-state index is 0.0782. The average Bonchev–Trinajstić information content (AvgIpc) is 4.05. The Labute approximate surface area is 430 Å². The summed E-state index contributed by atoms with van der Waals surface area (Å²) >= 11 is 0. The van der Waals surface area contributed by atoms with Gasteiger partial charge in [0.25, 0.3) is 0 Å². The molecule has 5 aliphatic rings. The van der Waals surface area contributed by atoms with Crippen LogP contribution in [0.5, 0.6) is 0 Å². The van der Waals surface area contributed by atoms with Crippen molar-refractivity contribution >= 4 is 49.9 Å². The lowest BCUT2D eigenvalue weighted by Gasteiger charge is -2.44. The maximum Gasteiger partial charge on any atom is 0.164 e. The number of para-hydroxylation sites is 2. The third-order valence-electron chi connectivity index (χ3n) is 16.7. The predicted octanol–water partition coefficient (Wildman–Crippen LogP) is 15.4. The minimum Gasteiger partial charge on any atom is -0.312 e. The first-order valence-corrected chi connectivity index (χ1v) is 26.1. The molecule has 8 nitrogen and oxygen atoms in total. The van der Waals surface area contributed by atoms with Crippen molar-refractivity contribution in [1.29, 1.82) is 0 Å². The summed E-state index contributed by atoms with van der Waals surface area (Å²) < 4.78 is 5.21. The highest BCUT2D eigenvalue weighted by Crippen LogP contribution is 2.59. The van der Waals surface area contributed by atoms with Gasteiger partial charge in [-0.2, -0.15) is 0 Å². The number of hydrogen-bond acceptors (Lipinski definition) is 6. The number of rotatable bonds is 6. The second-order valence-electron chi connectivity index (χ2n) is 21.7. The molecule has 3 aliphatic carbocycles. The maximum atomic E-state index is 5.44. The molecule has 0 radical (unpaired) electrons. The average molecular weight is 957 g/mol. The fourth-order valence-electron chi connectivity index (χ4n) is 13.1. The summed E-state index contributed by atoms with van der Waals surface area (Å²) in [5.41, 5.74) is 17.2. The summed E-state index contributed by atoms with van der Waals surface area (Å²) in [5.74, 6) is 4.49. The van der Waals surface area contributed by atoms with Crippen molar-refractivity contribution in [3.8, 4) is 45.5 Å². The van der Waals surface area contributed by atoms with E-state index >= 15 is 0 Å². The summed E-state index contributed by atoms with van der Waals surface area (Å²) in [6, 6.07) is 47.9. The Morgan fingerprint density at radius 2 is 1.19 bits per heavy atom. The van der Waals surface area contributed by atoms with Crippen LogP contribution in [-0.4, -0.2) is 39.0 Å². The highest BCUT2D eigenvalue weighted by atomic mass is 15.1. The second kappa shape index (κ2) is 15.9. The van der Waals surface area contributed by atoms with Gasteiger partial charge in [0.2, 0.25) is 0 Å². The molecule has 10 aromatic rings. The van der Waals surface area contributed by atoms with E-state index < -0.39 is 0 Å². The number of allylic oxidation sites excluding steroid dienone is 9. The van der Waals surface area contributed by atoms with Crippen LogP contribution in [0.2, 0.25) is 0 Å². The van der Waals surface area contributed by atoms with Crippen molar-refractivity contribution in [1.82, 2.24) is 39.0 Å². The van der Waals surface area contributed by atoms with Gasteiger partial charge in [0.1, 0.15) is 5.82 Å². The lowest BCUT2D eigenvalue weighted by atomic mass is 9.65. The Balaban J connectivity index is 1.04. The van der Waals surface area contributed by atoms with Crippen LogP contribution < -0.4 is 0 Å². The molecule has 0 amide bonds. The zero-order valence-corrected chi connectivity index (χ0v) is 41.9. The molecule has 2 aliphatic heterocycles. The maximum absolute atomic E-state index is 5.44. The van der Waals surface area contributed by atoms with Crippen LogP contribution in [-0.2, 0) is 10.8 Å². The fourth-order valence-corrected chi connectivity index (χ4v) is 13.1. The van der Waals surface area contributed by atoms with Gasteiger partial charge < -0.3 is 9.13 Å². The minimum atomic E-state index is -0.378. The Bertz CT molecular complexity index is 4140. The van der Waals surface area contributed by atoms with Gasteiger partial charge in [0, 0.05) is 83.6 Å². The second-order valence-corrected chi connectivity index (χ2v) is 21.7. The SMILES string of the molecule is CC1(C)c2ccccc2-n2c3ccc(-c4nc(-c5ccccc5)nc(-c5ccccc5)n4)cc3c3cc4c5c6n(c4c1c32)-c1ccccc1C(C)(C)C6CC(c1nc(C2=CCCC=C2)nc(C2C=CC=CC2)n1)=C5. The molecule has 6 heterocycles. The van der Waals surface area contributed by atoms with E-state index in [0.717, 1.165) is 81.9 Å². The van der Waals surface area contributed by atoms with E-state index in [1.54, 1.807) is 0 Å². The monoisotopic (exact) mass is 956 g/mol. The molecule has 8 heteroatoms. The third kappa shape index (κ3) is 6.27. The summed E-state index contributed by atoms with van der Waals surface area (Å²) in [6.07, 6.45) is 21.5. The van der Waals surface area contributed by atoms with Gasteiger partial charge >= 0.3 is 0 Å². The largest absolute Gasteiger partial charge is 0.312 e. The Kier molecular flexibility index (Phi) is 9.26. The molecular weight excluding hydrogens is 905 g/mol. The van der Waals surface area contributed by atoms with Gasteiger partial charge in [0.15, 0.2) is 29.1 Å². The summed E-state index contributed by atoms with van der Waals surface area (Å²) in [4.78, 5) is 31.5. The van der Waals surface area contributed by atoms with E-state index in [2.05, 4.69) is 182 Å². The number of benzene rings is 6. The molecule has 2 unspecified atom stereocenters. The highest BCUT2D eigenvalue weighted by molar-refractivity contribution is 6.19. The lowest BCUT2D eigenvalue weighted by molar-refractivity contribution is 0.387. The molecule has 6 aromatic carbocycles. The lowest BCUT2D eigenvalue weighted by Crippen LogP contribution is -2.36. The molecule has 0 saturated carbocycles. The predicted molar refractivity (Wildman–Crippen MR) is 300 cm³/mol. The molecule has 356 valence electrons. The zero-order chi connectivity index (χ0) is 49.5. The highest BCUT2D eigenvalue weighted by Gasteiger charge is 2.47. The summed E-state index contributed by atoms with van der Waals surface area (Å²) in [7, 11) is 0. The smallest absolute Gasteiger partial charge is 0.164 e. The van der Waals surface area contributed by atoms with E-state index in [1.807, 2.05) is 36.4 Å². The van der Waals surface area contributed by atoms with Crippen LogP contribution in [0.1, 0.15) is 111 Å². The van der Waals surface area contributed by atoms with Gasteiger partial charge in [-0.25, -0.2) is 29.9 Å². The van der Waals surface area contributed by atoms with Gasteiger partial charge in [-0.05, 0) is 84.9 Å². The van der Waals surface area contributed by atoms with Crippen LogP contribution in [0.3, 0.4) is 0 Å². The van der Waals surface area contributed by atoms with Crippen LogP contribution in [0.4, 0.5) is 0 Å². The van der Waals surface area contributed by atoms with Gasteiger partial charge in [-0.15, -0.1) is 0 Å². The Morgan fingerprint density at radius 1 is 0.541 bits per heavy atom. The van der Waals surface area contributed by atoms with Gasteiger partial charge in [-0.1, -0.05) is 167 Å². The van der Waals surface area contributed by atoms with Crippen LogP contribution >= 0.6 is 0 Å². The fraction of sp³-hybridized carbons (Fsp3) is 0.182. The summed E-state index contributed by atoms with van der Waals surface area (Å²) in [6.45, 7) is 9.76. The van der Waals surface area contributed by atoms with E-state index in [9.17, 15) is 0 Å². The number of hydrogen-bond donors (Lipinski definition) is 0. The van der Waals surface area contributed by atoms with Crippen molar-refractivity contribution < 1.29 is 0 Å². The number of fused-ring (bicyclic) bond motifs is 11. The molecule has 4 aromatic heterocycles. The zero-order valence-electron chi connectivity index (χ0n) is 41.9. The van der Waals surface area contributed by atoms with Crippen LogP contribution in [0.25, 0.3) is 95.5 Å². The number of nitrogens with zero attached hydrogens (tertiary/aromatic N) is 8.